The number of carbonyl (C=O) groups excluding carboxylic acids is 1. The van der Waals surface area contributed by atoms with Crippen LogP contribution < -0.4 is 20.9 Å². The van der Waals surface area contributed by atoms with Crippen LogP contribution in [0.2, 0.25) is 0 Å². The third-order valence-electron chi connectivity index (χ3n) is 2.64. The molecule has 21 heavy (non-hydrogen) atoms. The molecule has 2 rings (SSSR count). The SMILES string of the molecule is CCOC(=O)c1scc(Nc2c(OCC)c(=O)c2=O)c1O. The summed E-state index contributed by atoms with van der Waals surface area (Å²) in [5.74, 6) is -1.04. The molecule has 0 amide bonds. The molecule has 0 saturated carbocycles. The van der Waals surface area contributed by atoms with Gasteiger partial charge in [-0.25, -0.2) is 4.79 Å². The zero-order valence-electron chi connectivity index (χ0n) is 11.4. The molecule has 8 heteroatoms. The predicted octanol–water partition coefficient (Wildman–Crippen LogP) is 1.37. The van der Waals surface area contributed by atoms with Gasteiger partial charge in [-0.3, -0.25) is 9.59 Å². The van der Waals surface area contributed by atoms with Crippen LogP contribution in [-0.2, 0) is 4.74 Å². The van der Waals surface area contributed by atoms with Gasteiger partial charge in [0.1, 0.15) is 5.69 Å². The van der Waals surface area contributed by atoms with Crippen LogP contribution in [0.1, 0.15) is 23.5 Å². The Morgan fingerprint density at radius 1 is 1.29 bits per heavy atom. The average Bonchev–Trinajstić information content (AvgIpc) is 2.83. The van der Waals surface area contributed by atoms with Crippen LogP contribution in [-0.4, -0.2) is 24.3 Å². The highest BCUT2D eigenvalue weighted by Crippen LogP contribution is 2.37. The topological polar surface area (TPSA) is 102 Å². The van der Waals surface area contributed by atoms with Gasteiger partial charge in [0.05, 0.1) is 18.9 Å². The fourth-order valence-corrected chi connectivity index (χ4v) is 2.47. The lowest BCUT2D eigenvalue weighted by molar-refractivity contribution is 0.0529. The first-order valence-corrected chi connectivity index (χ1v) is 7.09. The number of nitrogens with one attached hydrogen (secondary N) is 1. The Bertz CT molecular complexity index is 740. The van der Waals surface area contributed by atoms with E-state index in [0.29, 0.717) is 0 Å². The Morgan fingerprint density at radius 3 is 2.62 bits per heavy atom. The van der Waals surface area contributed by atoms with E-state index in [-0.39, 0.29) is 41.0 Å². The zero-order valence-corrected chi connectivity index (χ0v) is 12.2. The van der Waals surface area contributed by atoms with E-state index in [0.717, 1.165) is 11.3 Å². The van der Waals surface area contributed by atoms with Gasteiger partial charge in [0.25, 0.3) is 10.9 Å². The second kappa shape index (κ2) is 5.96. The number of carbonyl (C=O) groups is 1. The summed E-state index contributed by atoms with van der Waals surface area (Å²) in [6.07, 6.45) is 0. The van der Waals surface area contributed by atoms with Crippen molar-refractivity contribution in [2.24, 2.45) is 0 Å². The summed E-state index contributed by atoms with van der Waals surface area (Å²) >= 11 is 0.971. The van der Waals surface area contributed by atoms with Crippen molar-refractivity contribution < 1.29 is 19.4 Å². The molecule has 0 atom stereocenters. The van der Waals surface area contributed by atoms with Crippen LogP contribution in [0, 0.1) is 0 Å². The molecule has 0 aliphatic carbocycles. The molecule has 0 saturated heterocycles. The minimum absolute atomic E-state index is 0.0228. The van der Waals surface area contributed by atoms with Gasteiger partial charge in [-0.2, -0.15) is 0 Å². The summed E-state index contributed by atoms with van der Waals surface area (Å²) < 4.78 is 9.85. The molecule has 2 N–H and O–H groups in total. The predicted molar refractivity (Wildman–Crippen MR) is 77.7 cm³/mol. The van der Waals surface area contributed by atoms with Crippen LogP contribution >= 0.6 is 11.3 Å². The largest absolute Gasteiger partial charge is 0.504 e. The average molecular weight is 311 g/mol. The summed E-state index contributed by atoms with van der Waals surface area (Å²) in [6.45, 7) is 3.76. The number of aromatic hydroxyl groups is 1. The number of hydrogen-bond donors (Lipinski definition) is 2. The number of hydrogen-bond acceptors (Lipinski definition) is 8. The summed E-state index contributed by atoms with van der Waals surface area (Å²) in [4.78, 5) is 34.4. The van der Waals surface area contributed by atoms with E-state index in [1.54, 1.807) is 13.8 Å². The highest BCUT2D eigenvalue weighted by atomic mass is 32.1. The highest BCUT2D eigenvalue weighted by molar-refractivity contribution is 7.13. The fraction of sp³-hybridized carbons (Fsp3) is 0.308. The van der Waals surface area contributed by atoms with Gasteiger partial charge in [-0.05, 0) is 13.8 Å². The maximum Gasteiger partial charge on any atom is 0.352 e. The monoisotopic (exact) mass is 311 g/mol. The van der Waals surface area contributed by atoms with Crippen molar-refractivity contribution in [2.45, 2.75) is 13.8 Å². The first-order valence-electron chi connectivity index (χ1n) is 6.21. The second-order valence-electron chi connectivity index (χ2n) is 3.97. The van der Waals surface area contributed by atoms with Crippen LogP contribution in [0.15, 0.2) is 15.0 Å². The maximum absolute atomic E-state index is 11.6. The Labute approximate surface area is 123 Å². The Hall–Kier alpha value is -2.35. The lowest BCUT2D eigenvalue weighted by Gasteiger charge is -2.12. The first kappa shape index (κ1) is 15.0. The molecule has 0 radical (unpaired) electrons. The Balaban J connectivity index is 2.26. The molecule has 1 aromatic carbocycles. The lowest BCUT2D eigenvalue weighted by atomic mass is 10.2. The summed E-state index contributed by atoms with van der Waals surface area (Å²) in [6, 6.07) is 0. The van der Waals surface area contributed by atoms with Crippen LogP contribution in [0.5, 0.6) is 11.5 Å². The van der Waals surface area contributed by atoms with E-state index in [1.807, 2.05) is 0 Å². The first-order chi connectivity index (χ1) is 10.0. The van der Waals surface area contributed by atoms with E-state index in [9.17, 15) is 19.5 Å². The fourth-order valence-electron chi connectivity index (χ4n) is 1.68. The molecule has 0 spiro atoms. The highest BCUT2D eigenvalue weighted by Gasteiger charge is 2.25. The molecule has 0 bridgehead atoms. The van der Waals surface area contributed by atoms with Crippen molar-refractivity contribution in [3.05, 3.63) is 30.7 Å². The smallest absolute Gasteiger partial charge is 0.352 e. The molecule has 0 aliphatic heterocycles. The van der Waals surface area contributed by atoms with E-state index in [2.05, 4.69) is 5.32 Å². The zero-order chi connectivity index (χ0) is 15.6. The molecular weight excluding hydrogens is 298 g/mol. The van der Waals surface area contributed by atoms with Gasteiger partial charge in [-0.15, -0.1) is 11.3 Å². The molecule has 0 unspecified atom stereocenters. The third-order valence-corrected chi connectivity index (χ3v) is 3.59. The summed E-state index contributed by atoms with van der Waals surface area (Å²) in [5, 5.41) is 14.0. The number of anilines is 2. The van der Waals surface area contributed by atoms with Crippen molar-refractivity contribution in [2.75, 3.05) is 18.5 Å². The van der Waals surface area contributed by atoms with E-state index < -0.39 is 16.8 Å². The van der Waals surface area contributed by atoms with E-state index in [4.69, 9.17) is 9.47 Å². The lowest BCUT2D eigenvalue weighted by Crippen LogP contribution is -2.35. The third kappa shape index (κ3) is 2.62. The quantitative estimate of drug-likeness (QED) is 0.613. The van der Waals surface area contributed by atoms with Crippen molar-refractivity contribution in [1.82, 2.24) is 0 Å². The van der Waals surface area contributed by atoms with E-state index >= 15 is 0 Å². The molecule has 1 heterocycles. The molecule has 2 aromatic rings. The number of esters is 1. The minimum Gasteiger partial charge on any atom is -0.504 e. The van der Waals surface area contributed by atoms with Crippen molar-refractivity contribution in [3.8, 4) is 11.5 Å². The number of thiophene rings is 1. The molecule has 1 aromatic heterocycles. The summed E-state index contributed by atoms with van der Waals surface area (Å²) in [7, 11) is 0. The minimum atomic E-state index is -0.721. The van der Waals surface area contributed by atoms with Crippen LogP contribution in [0.25, 0.3) is 0 Å². The number of ether oxygens (including phenoxy) is 2. The Kier molecular flexibility index (Phi) is 4.27. The van der Waals surface area contributed by atoms with Crippen molar-refractivity contribution in [3.63, 3.8) is 0 Å². The number of rotatable bonds is 6. The van der Waals surface area contributed by atoms with Crippen LogP contribution in [0.4, 0.5) is 11.4 Å². The van der Waals surface area contributed by atoms with Gasteiger partial charge in [0, 0.05) is 5.38 Å². The van der Waals surface area contributed by atoms with E-state index in [1.165, 1.54) is 5.38 Å². The van der Waals surface area contributed by atoms with Crippen LogP contribution in [0.3, 0.4) is 0 Å². The van der Waals surface area contributed by atoms with Gasteiger partial charge in [0.2, 0.25) is 0 Å². The van der Waals surface area contributed by atoms with Gasteiger partial charge >= 0.3 is 5.97 Å². The Morgan fingerprint density at radius 2 is 2.00 bits per heavy atom. The normalized spacial score (nSPS) is 10.6. The van der Waals surface area contributed by atoms with Crippen molar-refractivity contribution in [1.29, 1.82) is 0 Å². The van der Waals surface area contributed by atoms with Gasteiger partial charge in [0.15, 0.2) is 16.4 Å². The standard InChI is InChI=1S/C13H13NO6S/c1-3-19-11-7(9(16)10(11)17)14-6-5-21-12(8(6)15)13(18)20-4-2/h5,14-15H,3-4H2,1-2H3. The second-order valence-corrected chi connectivity index (χ2v) is 4.85. The molecule has 0 aliphatic rings. The molecule has 7 nitrogen and oxygen atoms in total. The molecule has 0 fully saturated rings. The summed E-state index contributed by atoms with van der Waals surface area (Å²) in [5.41, 5.74) is -1.30. The van der Waals surface area contributed by atoms with Gasteiger partial charge in [-0.1, -0.05) is 0 Å². The maximum atomic E-state index is 11.6. The molecular formula is C13H13NO6S. The van der Waals surface area contributed by atoms with Gasteiger partial charge < -0.3 is 19.9 Å². The van der Waals surface area contributed by atoms with Crippen molar-refractivity contribution >= 4 is 28.7 Å². The molecule has 112 valence electrons.